The Kier molecular flexibility index (Phi) is 3.05. The third-order valence-electron chi connectivity index (χ3n) is 4.15. The molecule has 22 heavy (non-hydrogen) atoms. The van der Waals surface area contributed by atoms with Crippen LogP contribution in [0.3, 0.4) is 0 Å². The van der Waals surface area contributed by atoms with Crippen molar-refractivity contribution >= 4 is 21.8 Å². The van der Waals surface area contributed by atoms with Crippen LogP contribution in [0.15, 0.2) is 85.5 Å². The first kappa shape index (κ1) is 12.9. The largest absolute Gasteiger partial charge is 0.309 e. The fourth-order valence-corrected chi connectivity index (χ4v) is 3.15. The van der Waals surface area contributed by atoms with Crippen molar-refractivity contribution in [1.29, 1.82) is 0 Å². The summed E-state index contributed by atoms with van der Waals surface area (Å²) in [4.78, 5) is 0. The minimum atomic E-state index is 0.910. The number of hydrogen-bond donors (Lipinski definition) is 0. The summed E-state index contributed by atoms with van der Waals surface area (Å²) >= 11 is 0. The Morgan fingerprint density at radius 3 is 1.82 bits per heavy atom. The number of hydrogen-bond acceptors (Lipinski definition) is 0. The van der Waals surface area contributed by atoms with E-state index < -0.39 is 0 Å². The van der Waals surface area contributed by atoms with E-state index in [1.165, 1.54) is 33.1 Å². The van der Waals surface area contributed by atoms with E-state index in [0.717, 1.165) is 6.42 Å². The highest BCUT2D eigenvalue weighted by Gasteiger charge is 2.10. The van der Waals surface area contributed by atoms with Crippen LogP contribution in [-0.4, -0.2) is 4.57 Å². The Balaban J connectivity index is 2.01. The lowest BCUT2D eigenvalue weighted by Gasteiger charge is -2.08. The van der Waals surface area contributed by atoms with Gasteiger partial charge in [0, 0.05) is 16.5 Å². The van der Waals surface area contributed by atoms with Gasteiger partial charge in [-0.05, 0) is 36.2 Å². The van der Waals surface area contributed by atoms with Gasteiger partial charge in [-0.2, -0.15) is 0 Å². The minimum Gasteiger partial charge on any atom is -0.309 e. The maximum Gasteiger partial charge on any atom is 0.0541 e. The number of rotatable bonds is 3. The fourth-order valence-electron chi connectivity index (χ4n) is 3.15. The van der Waals surface area contributed by atoms with Gasteiger partial charge in [-0.1, -0.05) is 54.6 Å². The SMILES string of the molecule is C=CCc1ccc(-n2c3ccccc3c3ccccc32)cc1. The second-order valence-electron chi connectivity index (χ2n) is 5.53. The molecule has 4 aromatic rings. The van der Waals surface area contributed by atoms with Crippen LogP contribution in [0.4, 0.5) is 0 Å². The molecule has 0 unspecified atom stereocenters. The molecule has 1 heteroatoms. The van der Waals surface area contributed by atoms with Gasteiger partial charge in [0.05, 0.1) is 11.0 Å². The van der Waals surface area contributed by atoms with Crippen molar-refractivity contribution in [2.45, 2.75) is 6.42 Å². The number of allylic oxidation sites excluding steroid dienone is 1. The summed E-state index contributed by atoms with van der Waals surface area (Å²) in [5, 5.41) is 2.60. The van der Waals surface area contributed by atoms with Crippen LogP contribution < -0.4 is 0 Å². The average Bonchev–Trinajstić information content (AvgIpc) is 2.91. The van der Waals surface area contributed by atoms with Gasteiger partial charge >= 0.3 is 0 Å². The zero-order valence-electron chi connectivity index (χ0n) is 12.4. The molecule has 0 aliphatic rings. The van der Waals surface area contributed by atoms with Crippen molar-refractivity contribution in [3.63, 3.8) is 0 Å². The maximum absolute atomic E-state index is 3.80. The first-order valence-electron chi connectivity index (χ1n) is 7.57. The zero-order valence-corrected chi connectivity index (χ0v) is 12.4. The van der Waals surface area contributed by atoms with Gasteiger partial charge < -0.3 is 4.57 Å². The van der Waals surface area contributed by atoms with Crippen LogP contribution in [0.5, 0.6) is 0 Å². The predicted octanol–water partition coefficient (Wildman–Crippen LogP) is 5.51. The molecular formula is C21H17N. The molecule has 4 rings (SSSR count). The summed E-state index contributed by atoms with van der Waals surface area (Å²) in [6.07, 6.45) is 2.85. The first-order valence-corrected chi connectivity index (χ1v) is 7.57. The van der Waals surface area contributed by atoms with Gasteiger partial charge in [0.1, 0.15) is 0 Å². The van der Waals surface area contributed by atoms with Crippen molar-refractivity contribution in [3.05, 3.63) is 91.0 Å². The summed E-state index contributed by atoms with van der Waals surface area (Å²) in [5.41, 5.74) is 4.99. The van der Waals surface area contributed by atoms with Crippen LogP contribution >= 0.6 is 0 Å². The predicted molar refractivity (Wildman–Crippen MR) is 94.7 cm³/mol. The number of nitrogens with zero attached hydrogens (tertiary/aromatic N) is 1. The molecule has 0 N–H and O–H groups in total. The van der Waals surface area contributed by atoms with Gasteiger partial charge in [0.25, 0.3) is 0 Å². The smallest absolute Gasteiger partial charge is 0.0541 e. The topological polar surface area (TPSA) is 4.93 Å². The lowest BCUT2D eigenvalue weighted by Crippen LogP contribution is -1.94. The van der Waals surface area contributed by atoms with Crippen LogP contribution in [-0.2, 0) is 6.42 Å². The van der Waals surface area contributed by atoms with Crippen molar-refractivity contribution in [2.75, 3.05) is 0 Å². The van der Waals surface area contributed by atoms with Gasteiger partial charge in [0.2, 0.25) is 0 Å². The Labute approximate surface area is 130 Å². The molecule has 0 saturated heterocycles. The molecule has 1 heterocycles. The van der Waals surface area contributed by atoms with E-state index in [0.29, 0.717) is 0 Å². The highest BCUT2D eigenvalue weighted by Crippen LogP contribution is 2.31. The normalized spacial score (nSPS) is 11.1. The Bertz CT molecular complexity index is 905. The monoisotopic (exact) mass is 283 g/mol. The van der Waals surface area contributed by atoms with E-state index in [2.05, 4.69) is 83.9 Å². The third kappa shape index (κ3) is 1.94. The molecule has 0 spiro atoms. The Morgan fingerprint density at radius 2 is 1.27 bits per heavy atom. The summed E-state index contributed by atoms with van der Waals surface area (Å²) in [6.45, 7) is 3.80. The fraction of sp³-hybridized carbons (Fsp3) is 0.0476. The molecule has 0 bridgehead atoms. The molecule has 106 valence electrons. The van der Waals surface area contributed by atoms with E-state index in [-0.39, 0.29) is 0 Å². The number of para-hydroxylation sites is 2. The number of fused-ring (bicyclic) bond motifs is 3. The summed E-state index contributed by atoms with van der Waals surface area (Å²) in [6, 6.07) is 25.9. The summed E-state index contributed by atoms with van der Waals surface area (Å²) in [5.74, 6) is 0. The maximum atomic E-state index is 3.80. The van der Waals surface area contributed by atoms with Crippen LogP contribution in [0.2, 0.25) is 0 Å². The highest BCUT2D eigenvalue weighted by atomic mass is 15.0. The number of benzene rings is 3. The van der Waals surface area contributed by atoms with E-state index in [1.54, 1.807) is 0 Å². The second-order valence-corrected chi connectivity index (χ2v) is 5.53. The van der Waals surface area contributed by atoms with Crippen LogP contribution in [0, 0.1) is 0 Å². The molecular weight excluding hydrogens is 266 g/mol. The van der Waals surface area contributed by atoms with Crippen LogP contribution in [0.25, 0.3) is 27.5 Å². The summed E-state index contributed by atoms with van der Waals surface area (Å²) in [7, 11) is 0. The Hall–Kier alpha value is -2.80. The van der Waals surface area contributed by atoms with Gasteiger partial charge in [-0.25, -0.2) is 0 Å². The molecule has 0 atom stereocenters. The van der Waals surface area contributed by atoms with Crippen molar-refractivity contribution in [3.8, 4) is 5.69 Å². The summed E-state index contributed by atoms with van der Waals surface area (Å²) < 4.78 is 2.34. The molecule has 0 aliphatic carbocycles. The van der Waals surface area contributed by atoms with E-state index in [4.69, 9.17) is 0 Å². The second kappa shape index (κ2) is 5.19. The van der Waals surface area contributed by atoms with Gasteiger partial charge in [-0.3, -0.25) is 0 Å². The molecule has 0 amide bonds. The van der Waals surface area contributed by atoms with Gasteiger partial charge in [-0.15, -0.1) is 6.58 Å². The Morgan fingerprint density at radius 1 is 0.727 bits per heavy atom. The molecule has 0 aliphatic heterocycles. The first-order chi connectivity index (χ1) is 10.9. The molecule has 0 saturated carbocycles. The molecule has 3 aromatic carbocycles. The minimum absolute atomic E-state index is 0.910. The zero-order chi connectivity index (χ0) is 14.9. The lowest BCUT2D eigenvalue weighted by atomic mass is 10.1. The van der Waals surface area contributed by atoms with Crippen molar-refractivity contribution in [2.24, 2.45) is 0 Å². The lowest BCUT2D eigenvalue weighted by molar-refractivity contribution is 1.16. The molecule has 1 nitrogen and oxygen atoms in total. The number of aromatic nitrogens is 1. The molecule has 0 radical (unpaired) electrons. The van der Waals surface area contributed by atoms with Crippen LogP contribution in [0.1, 0.15) is 5.56 Å². The van der Waals surface area contributed by atoms with E-state index in [1.807, 2.05) is 6.08 Å². The average molecular weight is 283 g/mol. The highest BCUT2D eigenvalue weighted by molar-refractivity contribution is 6.09. The standard InChI is InChI=1S/C21H17N/c1-2-7-16-12-14-17(15-13-16)22-20-10-5-3-8-18(20)19-9-4-6-11-21(19)22/h2-6,8-15H,1,7H2. The van der Waals surface area contributed by atoms with Crippen molar-refractivity contribution < 1.29 is 0 Å². The quantitative estimate of drug-likeness (QED) is 0.437. The van der Waals surface area contributed by atoms with E-state index in [9.17, 15) is 0 Å². The third-order valence-corrected chi connectivity index (χ3v) is 4.15. The molecule has 0 fully saturated rings. The van der Waals surface area contributed by atoms with E-state index >= 15 is 0 Å². The molecule has 1 aromatic heterocycles. The van der Waals surface area contributed by atoms with Gasteiger partial charge in [0.15, 0.2) is 0 Å². The van der Waals surface area contributed by atoms with Crippen molar-refractivity contribution in [1.82, 2.24) is 4.57 Å².